The van der Waals surface area contributed by atoms with E-state index in [4.69, 9.17) is 9.47 Å². The molecule has 0 aromatic heterocycles. The van der Waals surface area contributed by atoms with Gasteiger partial charge in [-0.25, -0.2) is 0 Å². The van der Waals surface area contributed by atoms with Gasteiger partial charge in [0.25, 0.3) is 0 Å². The summed E-state index contributed by atoms with van der Waals surface area (Å²) in [6, 6.07) is 6.09. The first-order valence-electron chi connectivity index (χ1n) is 7.55. The third-order valence-electron chi connectivity index (χ3n) is 4.15. The molecule has 2 rings (SSSR count). The van der Waals surface area contributed by atoms with E-state index in [-0.39, 0.29) is 24.2 Å². The lowest BCUT2D eigenvalue weighted by molar-refractivity contribution is -0.143. The van der Waals surface area contributed by atoms with Gasteiger partial charge in [0.05, 0.1) is 18.8 Å². The fourth-order valence-corrected chi connectivity index (χ4v) is 2.80. The van der Waals surface area contributed by atoms with Crippen molar-refractivity contribution in [1.29, 1.82) is 0 Å². The maximum atomic E-state index is 12.2. The molecule has 4 heteroatoms. The molecule has 3 unspecified atom stereocenters. The first-order valence-corrected chi connectivity index (χ1v) is 7.55. The van der Waals surface area contributed by atoms with E-state index in [0.717, 1.165) is 17.7 Å². The summed E-state index contributed by atoms with van der Waals surface area (Å²) in [5.41, 5.74) is 1.97. The maximum absolute atomic E-state index is 12.2. The molecule has 1 fully saturated rings. The number of morpholine rings is 1. The summed E-state index contributed by atoms with van der Waals surface area (Å²) >= 11 is 0. The van der Waals surface area contributed by atoms with Crippen molar-refractivity contribution in [2.75, 3.05) is 13.1 Å². The highest BCUT2D eigenvalue weighted by Crippen LogP contribution is 2.23. The first-order chi connectivity index (χ1) is 9.88. The average Bonchev–Trinajstić information content (AvgIpc) is 2.40. The molecule has 0 amide bonds. The Kier molecular flexibility index (Phi) is 5.01. The van der Waals surface area contributed by atoms with E-state index in [2.05, 4.69) is 11.8 Å². The molecule has 1 aliphatic rings. The van der Waals surface area contributed by atoms with Gasteiger partial charge in [0, 0.05) is 12.6 Å². The van der Waals surface area contributed by atoms with Crippen LogP contribution in [0.4, 0.5) is 0 Å². The summed E-state index contributed by atoms with van der Waals surface area (Å²) in [6.45, 7) is 11.1. The Balaban J connectivity index is 2.01. The second-order valence-corrected chi connectivity index (χ2v) is 6.02. The summed E-state index contributed by atoms with van der Waals surface area (Å²) in [5.74, 6) is 0.477. The third-order valence-corrected chi connectivity index (χ3v) is 4.15. The number of carbonyl (C=O) groups excluding carboxylic acids is 1. The Morgan fingerprint density at radius 1 is 1.29 bits per heavy atom. The number of rotatable bonds is 3. The quantitative estimate of drug-likeness (QED) is 0.634. The Morgan fingerprint density at radius 3 is 2.52 bits per heavy atom. The lowest BCUT2D eigenvalue weighted by Crippen LogP contribution is -2.53. The highest BCUT2D eigenvalue weighted by molar-refractivity contribution is 5.75. The maximum Gasteiger partial charge on any atom is 0.325 e. The van der Waals surface area contributed by atoms with Crippen molar-refractivity contribution in [3.63, 3.8) is 0 Å². The van der Waals surface area contributed by atoms with Crippen molar-refractivity contribution >= 4 is 5.97 Å². The second-order valence-electron chi connectivity index (χ2n) is 6.02. The number of benzene rings is 1. The van der Waals surface area contributed by atoms with E-state index in [0.29, 0.717) is 12.3 Å². The average molecular weight is 291 g/mol. The van der Waals surface area contributed by atoms with Gasteiger partial charge in [-0.05, 0) is 45.7 Å². The minimum atomic E-state index is -0.208. The predicted octanol–water partition coefficient (Wildman–Crippen LogP) is 2.71. The van der Waals surface area contributed by atoms with Crippen molar-refractivity contribution < 1.29 is 14.3 Å². The number of carbonyl (C=O) groups is 1. The second kappa shape index (κ2) is 6.58. The Hall–Kier alpha value is -1.39. The molecule has 1 aromatic rings. The molecule has 1 aliphatic heterocycles. The van der Waals surface area contributed by atoms with Gasteiger partial charge >= 0.3 is 5.97 Å². The van der Waals surface area contributed by atoms with Crippen LogP contribution in [0.15, 0.2) is 18.2 Å². The monoisotopic (exact) mass is 291 g/mol. The van der Waals surface area contributed by atoms with Crippen molar-refractivity contribution in [2.45, 2.75) is 52.9 Å². The van der Waals surface area contributed by atoms with Gasteiger partial charge in [0.2, 0.25) is 0 Å². The highest BCUT2D eigenvalue weighted by Gasteiger charge is 2.31. The van der Waals surface area contributed by atoms with E-state index >= 15 is 0 Å². The van der Waals surface area contributed by atoms with Crippen LogP contribution < -0.4 is 4.74 Å². The highest BCUT2D eigenvalue weighted by atomic mass is 16.5. The van der Waals surface area contributed by atoms with Crippen molar-refractivity contribution in [2.24, 2.45) is 0 Å². The van der Waals surface area contributed by atoms with Crippen LogP contribution >= 0.6 is 0 Å². The van der Waals surface area contributed by atoms with Gasteiger partial charge in [-0.15, -0.1) is 0 Å². The largest absolute Gasteiger partial charge is 0.425 e. The molecule has 0 radical (unpaired) electrons. The Bertz CT molecular complexity index is 495. The predicted molar refractivity (Wildman–Crippen MR) is 82.6 cm³/mol. The van der Waals surface area contributed by atoms with Crippen LogP contribution in [0.1, 0.15) is 31.9 Å². The van der Waals surface area contributed by atoms with Crippen molar-refractivity contribution in [3.05, 3.63) is 29.3 Å². The molecule has 1 heterocycles. The van der Waals surface area contributed by atoms with E-state index < -0.39 is 0 Å². The van der Waals surface area contributed by atoms with Crippen molar-refractivity contribution in [1.82, 2.24) is 4.90 Å². The van der Waals surface area contributed by atoms with Crippen LogP contribution in [0.5, 0.6) is 5.75 Å². The molecule has 21 heavy (non-hydrogen) atoms. The van der Waals surface area contributed by atoms with Gasteiger partial charge in [0.1, 0.15) is 5.75 Å². The number of para-hydroxylation sites is 1. The Labute approximate surface area is 127 Å². The van der Waals surface area contributed by atoms with Gasteiger partial charge in [-0.1, -0.05) is 18.2 Å². The van der Waals surface area contributed by atoms with E-state index in [1.54, 1.807) is 0 Å². The van der Waals surface area contributed by atoms with Crippen LogP contribution in [0.25, 0.3) is 0 Å². The number of hydrogen-bond acceptors (Lipinski definition) is 4. The molecule has 0 N–H and O–H groups in total. The number of ether oxygens (including phenoxy) is 2. The number of hydrogen-bond donors (Lipinski definition) is 0. The summed E-state index contributed by atoms with van der Waals surface area (Å²) in [5, 5.41) is 0. The Morgan fingerprint density at radius 2 is 1.90 bits per heavy atom. The molecule has 4 nitrogen and oxygen atoms in total. The van der Waals surface area contributed by atoms with Gasteiger partial charge < -0.3 is 9.47 Å². The summed E-state index contributed by atoms with van der Waals surface area (Å²) in [7, 11) is 0. The van der Waals surface area contributed by atoms with E-state index in [9.17, 15) is 4.79 Å². The molecule has 3 atom stereocenters. The fourth-order valence-electron chi connectivity index (χ4n) is 2.80. The van der Waals surface area contributed by atoms with Crippen LogP contribution in [-0.2, 0) is 9.53 Å². The molecule has 0 bridgehead atoms. The van der Waals surface area contributed by atoms with Gasteiger partial charge in [-0.3, -0.25) is 9.69 Å². The van der Waals surface area contributed by atoms with Gasteiger partial charge in [-0.2, -0.15) is 0 Å². The van der Waals surface area contributed by atoms with Crippen LogP contribution in [0.2, 0.25) is 0 Å². The minimum absolute atomic E-state index is 0.127. The molecule has 0 spiro atoms. The molecule has 1 aromatic carbocycles. The van der Waals surface area contributed by atoms with Gasteiger partial charge in [0.15, 0.2) is 0 Å². The zero-order valence-electron chi connectivity index (χ0n) is 13.6. The van der Waals surface area contributed by atoms with E-state index in [1.165, 1.54) is 0 Å². The smallest absolute Gasteiger partial charge is 0.325 e. The van der Waals surface area contributed by atoms with E-state index in [1.807, 2.05) is 45.9 Å². The molecule has 0 aliphatic carbocycles. The SMILES string of the molecule is Cc1cccc(C)c1OC(=O)CN1CC(C)OC(C)C1C. The molecule has 0 saturated carbocycles. The fraction of sp³-hybridized carbons (Fsp3) is 0.588. The minimum Gasteiger partial charge on any atom is -0.425 e. The standard InChI is InChI=1S/C17H25NO3/c1-11-7-6-8-12(2)17(11)21-16(19)10-18-9-13(3)20-15(5)14(18)4/h6-8,13-15H,9-10H2,1-5H3. The van der Waals surface area contributed by atoms with Crippen molar-refractivity contribution in [3.8, 4) is 5.75 Å². The lowest BCUT2D eigenvalue weighted by atomic mass is 10.1. The number of aryl methyl sites for hydroxylation is 2. The van der Waals surface area contributed by atoms with Crippen LogP contribution in [0, 0.1) is 13.8 Å². The van der Waals surface area contributed by atoms with Crippen LogP contribution in [0.3, 0.4) is 0 Å². The lowest BCUT2D eigenvalue weighted by Gasteiger charge is -2.40. The third kappa shape index (κ3) is 3.83. The zero-order valence-corrected chi connectivity index (χ0v) is 13.6. The number of nitrogens with zero attached hydrogens (tertiary/aromatic N) is 1. The molecular formula is C17H25NO3. The molecular weight excluding hydrogens is 266 g/mol. The topological polar surface area (TPSA) is 38.8 Å². The zero-order chi connectivity index (χ0) is 15.6. The summed E-state index contributed by atoms with van der Waals surface area (Å²) in [4.78, 5) is 14.4. The number of esters is 1. The van der Waals surface area contributed by atoms with Crippen LogP contribution in [-0.4, -0.2) is 42.2 Å². The molecule has 116 valence electrons. The molecule has 1 saturated heterocycles. The first kappa shape index (κ1) is 16.0. The normalized spacial score (nSPS) is 26.6. The summed E-state index contributed by atoms with van der Waals surface area (Å²) in [6.07, 6.45) is 0.269. The summed E-state index contributed by atoms with van der Waals surface area (Å²) < 4.78 is 11.3.